The number of nitrogens with one attached hydrogen (secondary N) is 1. The Labute approximate surface area is 202 Å². The molecule has 1 heterocycles. The molecular weight excluding hydrogens is 444 g/mol. The van der Waals surface area contributed by atoms with Crippen molar-refractivity contribution < 1.29 is 23.9 Å². The van der Waals surface area contributed by atoms with Crippen LogP contribution < -0.4 is 10.2 Å². The zero-order valence-electron chi connectivity index (χ0n) is 19.1. The Morgan fingerprint density at radius 3 is 2.51 bits per heavy atom. The van der Waals surface area contributed by atoms with E-state index < -0.39 is 11.9 Å². The summed E-state index contributed by atoms with van der Waals surface area (Å²) in [5, 5.41) is 9.46. The Morgan fingerprint density at radius 1 is 1.00 bits per heavy atom. The van der Waals surface area contributed by atoms with Crippen molar-refractivity contribution in [1.29, 1.82) is 0 Å². The van der Waals surface area contributed by atoms with Crippen LogP contribution in [0, 0.1) is 6.92 Å². The second-order valence-electron chi connectivity index (χ2n) is 8.19. The number of hydrogen-bond acceptors (Lipinski definition) is 6. The van der Waals surface area contributed by atoms with Gasteiger partial charge in [-0.3, -0.25) is 15.1 Å². The van der Waals surface area contributed by atoms with Crippen LogP contribution in [0.3, 0.4) is 0 Å². The molecule has 0 bridgehead atoms. The van der Waals surface area contributed by atoms with E-state index in [1.807, 2.05) is 85.8 Å². The molecule has 2 N–H and O–H groups in total. The number of carboxylic acids is 1. The normalized spacial score (nSPS) is 14.3. The van der Waals surface area contributed by atoms with Crippen LogP contribution >= 0.6 is 0 Å². The maximum absolute atomic E-state index is 11.5. The predicted molar refractivity (Wildman–Crippen MR) is 130 cm³/mol. The van der Waals surface area contributed by atoms with E-state index in [1.165, 1.54) is 0 Å². The SMILES string of the molecule is Cc1oc(-c2ccccc2)nc1COc1ccc(CONC2=CC(C(=O)O)c3ccccc32)cc1. The van der Waals surface area contributed by atoms with E-state index in [0.717, 1.165) is 33.7 Å². The molecule has 0 aliphatic heterocycles. The highest BCUT2D eigenvalue weighted by molar-refractivity contribution is 5.88. The molecule has 176 valence electrons. The van der Waals surface area contributed by atoms with Crippen LogP contribution in [0.25, 0.3) is 17.2 Å². The number of ether oxygens (including phenoxy) is 1. The van der Waals surface area contributed by atoms with Gasteiger partial charge in [-0.05, 0) is 48.4 Å². The fraction of sp³-hybridized carbons (Fsp3) is 0.143. The summed E-state index contributed by atoms with van der Waals surface area (Å²) in [5.41, 5.74) is 7.77. The largest absolute Gasteiger partial charge is 0.487 e. The standard InChI is InChI=1S/C28H24N2O5/c1-18-26(29-27(35-18)20-7-3-2-4-8-20)17-33-21-13-11-19(12-14-21)16-34-30-25-15-24(28(31)32)22-9-5-6-10-23(22)25/h2-15,24,30H,16-17H2,1H3,(H,31,32). The van der Waals surface area contributed by atoms with E-state index in [1.54, 1.807) is 6.08 Å². The molecule has 3 aromatic carbocycles. The number of aryl methyl sites for hydroxylation is 1. The number of benzene rings is 3. The summed E-state index contributed by atoms with van der Waals surface area (Å²) in [6.07, 6.45) is 1.67. The first-order valence-electron chi connectivity index (χ1n) is 11.2. The van der Waals surface area contributed by atoms with E-state index in [9.17, 15) is 9.90 Å². The Bertz CT molecular complexity index is 1360. The molecule has 1 aliphatic carbocycles. The van der Waals surface area contributed by atoms with Crippen LogP contribution in [-0.4, -0.2) is 16.1 Å². The van der Waals surface area contributed by atoms with Crippen molar-refractivity contribution in [2.75, 3.05) is 0 Å². The zero-order valence-corrected chi connectivity index (χ0v) is 19.1. The summed E-state index contributed by atoms with van der Waals surface area (Å²) in [7, 11) is 0. The number of aliphatic carboxylic acids is 1. The smallest absolute Gasteiger partial charge is 0.314 e. The van der Waals surface area contributed by atoms with Crippen molar-refractivity contribution in [2.45, 2.75) is 26.1 Å². The molecule has 0 saturated heterocycles. The highest BCUT2D eigenvalue weighted by Gasteiger charge is 2.28. The second kappa shape index (κ2) is 9.87. The third-order valence-electron chi connectivity index (χ3n) is 5.82. The van der Waals surface area contributed by atoms with Gasteiger partial charge in [0.1, 0.15) is 29.7 Å². The number of aromatic nitrogens is 1. The summed E-state index contributed by atoms with van der Waals surface area (Å²) in [5.74, 6) is 0.458. The number of nitrogens with zero attached hydrogens (tertiary/aromatic N) is 1. The van der Waals surface area contributed by atoms with E-state index >= 15 is 0 Å². The van der Waals surface area contributed by atoms with Gasteiger partial charge in [0.2, 0.25) is 5.89 Å². The van der Waals surface area contributed by atoms with Gasteiger partial charge < -0.3 is 14.3 Å². The molecular formula is C28H24N2O5. The van der Waals surface area contributed by atoms with Crippen molar-refractivity contribution in [2.24, 2.45) is 0 Å². The lowest BCUT2D eigenvalue weighted by molar-refractivity contribution is -0.137. The predicted octanol–water partition coefficient (Wildman–Crippen LogP) is 5.47. The van der Waals surface area contributed by atoms with E-state index in [-0.39, 0.29) is 0 Å². The molecule has 4 aromatic rings. The van der Waals surface area contributed by atoms with Crippen LogP contribution in [0.15, 0.2) is 89.4 Å². The first-order chi connectivity index (χ1) is 17.1. The van der Waals surface area contributed by atoms with Crippen LogP contribution in [0.1, 0.15) is 34.1 Å². The maximum Gasteiger partial charge on any atom is 0.314 e. The van der Waals surface area contributed by atoms with E-state index in [2.05, 4.69) is 10.5 Å². The molecule has 0 amide bonds. The Hall–Kier alpha value is -4.36. The average Bonchev–Trinajstić information content (AvgIpc) is 3.45. The Morgan fingerprint density at radius 2 is 1.74 bits per heavy atom. The molecule has 1 unspecified atom stereocenters. The van der Waals surface area contributed by atoms with Gasteiger partial charge in [0.25, 0.3) is 0 Å². The van der Waals surface area contributed by atoms with Crippen LogP contribution in [0.5, 0.6) is 5.75 Å². The number of oxazole rings is 1. The van der Waals surface area contributed by atoms with Gasteiger partial charge in [0.05, 0.1) is 12.3 Å². The molecule has 0 spiro atoms. The lowest BCUT2D eigenvalue weighted by Gasteiger charge is -2.10. The lowest BCUT2D eigenvalue weighted by atomic mass is 10.0. The van der Waals surface area contributed by atoms with Gasteiger partial charge in [-0.15, -0.1) is 0 Å². The molecule has 5 rings (SSSR count). The molecule has 1 aliphatic rings. The van der Waals surface area contributed by atoms with Gasteiger partial charge in [-0.1, -0.05) is 54.6 Å². The minimum atomic E-state index is -0.887. The molecule has 1 aromatic heterocycles. The minimum Gasteiger partial charge on any atom is -0.487 e. The van der Waals surface area contributed by atoms with Crippen LogP contribution in [-0.2, 0) is 22.8 Å². The molecule has 35 heavy (non-hydrogen) atoms. The molecule has 1 atom stereocenters. The van der Waals surface area contributed by atoms with Gasteiger partial charge in [0.15, 0.2) is 0 Å². The van der Waals surface area contributed by atoms with Gasteiger partial charge in [0, 0.05) is 11.1 Å². The van der Waals surface area contributed by atoms with Crippen molar-refractivity contribution in [1.82, 2.24) is 10.5 Å². The van der Waals surface area contributed by atoms with Crippen molar-refractivity contribution >= 4 is 11.7 Å². The lowest BCUT2D eigenvalue weighted by Crippen LogP contribution is -2.12. The monoisotopic (exact) mass is 468 g/mol. The summed E-state index contributed by atoms with van der Waals surface area (Å²) >= 11 is 0. The number of hydroxylamine groups is 1. The third kappa shape index (κ3) is 4.95. The van der Waals surface area contributed by atoms with Gasteiger partial charge >= 0.3 is 5.97 Å². The highest BCUT2D eigenvalue weighted by atomic mass is 16.6. The maximum atomic E-state index is 11.5. The molecule has 0 saturated carbocycles. The van der Waals surface area contributed by atoms with Gasteiger partial charge in [-0.25, -0.2) is 4.98 Å². The summed E-state index contributed by atoms with van der Waals surface area (Å²) in [4.78, 5) is 21.7. The summed E-state index contributed by atoms with van der Waals surface area (Å²) < 4.78 is 11.7. The highest BCUT2D eigenvalue weighted by Crippen LogP contribution is 2.34. The first-order valence-corrected chi connectivity index (χ1v) is 11.2. The number of carboxylic acid groups (broad SMARTS) is 1. The molecule has 0 fully saturated rings. The molecule has 7 nitrogen and oxygen atoms in total. The van der Waals surface area contributed by atoms with Crippen molar-refractivity contribution in [3.05, 3.63) is 113 Å². The number of carbonyl (C=O) groups is 1. The molecule has 0 radical (unpaired) electrons. The number of hydrogen-bond donors (Lipinski definition) is 2. The topological polar surface area (TPSA) is 93.8 Å². The fourth-order valence-electron chi connectivity index (χ4n) is 3.95. The molecule has 7 heteroatoms. The summed E-state index contributed by atoms with van der Waals surface area (Å²) in [6.45, 7) is 2.49. The Kier molecular flexibility index (Phi) is 6.32. The van der Waals surface area contributed by atoms with Gasteiger partial charge in [-0.2, -0.15) is 0 Å². The number of fused-ring (bicyclic) bond motifs is 1. The number of rotatable bonds is 9. The average molecular weight is 469 g/mol. The van der Waals surface area contributed by atoms with Crippen molar-refractivity contribution in [3.8, 4) is 17.2 Å². The van der Waals surface area contributed by atoms with E-state index in [0.29, 0.717) is 30.6 Å². The quantitative estimate of drug-likeness (QED) is 0.315. The Balaban J connectivity index is 1.15. The zero-order chi connectivity index (χ0) is 24.2. The fourth-order valence-corrected chi connectivity index (χ4v) is 3.95. The van der Waals surface area contributed by atoms with Crippen molar-refractivity contribution in [3.63, 3.8) is 0 Å². The summed E-state index contributed by atoms with van der Waals surface area (Å²) in [6, 6.07) is 24.7. The third-order valence-corrected chi connectivity index (χ3v) is 5.82. The van der Waals surface area contributed by atoms with Crippen LogP contribution in [0.4, 0.5) is 0 Å². The van der Waals surface area contributed by atoms with Crippen LogP contribution in [0.2, 0.25) is 0 Å². The van der Waals surface area contributed by atoms with E-state index in [4.69, 9.17) is 14.0 Å². The first kappa shape index (κ1) is 22.4. The minimum absolute atomic E-state index is 0.303. The second-order valence-corrected chi connectivity index (χ2v) is 8.19.